The molecule has 2 aliphatic rings. The van der Waals surface area contributed by atoms with Gasteiger partial charge in [-0.25, -0.2) is 0 Å². The van der Waals surface area contributed by atoms with Gasteiger partial charge in [0, 0.05) is 28.9 Å². The van der Waals surface area contributed by atoms with E-state index in [0.29, 0.717) is 0 Å². The third kappa shape index (κ3) is 6.38. The molecule has 90 valence electrons. The Hall–Kier alpha value is -0.141. The summed E-state index contributed by atoms with van der Waals surface area (Å²) in [5, 5.41) is 0. The van der Waals surface area contributed by atoms with Gasteiger partial charge in [0.15, 0.2) is 0 Å². The Bertz CT molecular complexity index is 213. The number of hydrogen-bond acceptors (Lipinski definition) is 2. The maximum Gasteiger partial charge on any atom is 0.137 e. The van der Waals surface area contributed by atoms with Crippen LogP contribution >= 0.6 is 0 Å². The Labute approximate surface area is 115 Å². The van der Waals surface area contributed by atoms with Crippen molar-refractivity contribution in [1.29, 1.82) is 0 Å². The van der Waals surface area contributed by atoms with E-state index in [-0.39, 0.29) is 28.6 Å². The fraction of sp³-hybridized carbons (Fsp3) is 0.143. The number of carbonyl (C=O) groups excluding carboxylic acids is 2. The molecular formula is C14H14FeO2. The number of carbonyl (C=O) groups is 2. The molecule has 0 bridgehead atoms. The van der Waals surface area contributed by atoms with Crippen molar-refractivity contribution >= 4 is 11.6 Å². The van der Waals surface area contributed by atoms with Crippen molar-refractivity contribution < 1.29 is 26.7 Å². The van der Waals surface area contributed by atoms with Gasteiger partial charge in [0.05, 0.1) is 0 Å². The fourth-order valence-corrected chi connectivity index (χ4v) is 1.22. The molecular weight excluding hydrogens is 256 g/mol. The van der Waals surface area contributed by atoms with Crippen molar-refractivity contribution in [2.75, 3.05) is 0 Å². The van der Waals surface area contributed by atoms with E-state index in [0.717, 1.165) is 11.8 Å². The molecule has 0 aromatic heterocycles. The summed E-state index contributed by atoms with van der Waals surface area (Å²) >= 11 is 0. The van der Waals surface area contributed by atoms with Crippen LogP contribution in [0.15, 0.2) is 0 Å². The van der Waals surface area contributed by atoms with E-state index < -0.39 is 0 Å². The van der Waals surface area contributed by atoms with E-state index >= 15 is 0 Å². The molecule has 0 unspecified atom stereocenters. The third-order valence-corrected chi connectivity index (χ3v) is 2.14. The van der Waals surface area contributed by atoms with Crippen LogP contribution in [0.5, 0.6) is 0 Å². The van der Waals surface area contributed by atoms with Crippen LogP contribution in [0.1, 0.15) is 13.8 Å². The van der Waals surface area contributed by atoms with Gasteiger partial charge in [-0.15, -0.1) is 0 Å². The predicted molar refractivity (Wildman–Crippen MR) is 62.2 cm³/mol. The molecule has 0 atom stereocenters. The number of rotatable bonds is 2. The minimum atomic E-state index is 0. The molecule has 0 N–H and O–H groups in total. The Morgan fingerprint density at radius 2 is 0.941 bits per heavy atom. The van der Waals surface area contributed by atoms with Crippen molar-refractivity contribution in [2.24, 2.45) is 0 Å². The van der Waals surface area contributed by atoms with Crippen molar-refractivity contribution in [3.05, 3.63) is 63.2 Å². The van der Waals surface area contributed by atoms with Crippen LogP contribution in [0, 0.1) is 63.2 Å². The zero-order valence-electron chi connectivity index (χ0n) is 9.79. The summed E-state index contributed by atoms with van der Waals surface area (Å²) in [5.41, 5.74) is 0. The van der Waals surface area contributed by atoms with Crippen molar-refractivity contribution in [2.45, 2.75) is 13.8 Å². The zero-order valence-corrected chi connectivity index (χ0v) is 10.9. The van der Waals surface area contributed by atoms with Gasteiger partial charge in [0.1, 0.15) is 11.6 Å². The van der Waals surface area contributed by atoms with Crippen LogP contribution in [0.4, 0.5) is 0 Å². The van der Waals surface area contributed by atoms with Crippen molar-refractivity contribution in [3.8, 4) is 0 Å². The van der Waals surface area contributed by atoms with Gasteiger partial charge in [0.25, 0.3) is 0 Å². The van der Waals surface area contributed by atoms with E-state index in [1.54, 1.807) is 13.8 Å². The molecule has 0 heterocycles. The SMILES string of the molecule is CC(=O)[C]1[CH][CH][CH][CH]1.CC(=O)[C]1[CH][CH][CH][CH]1.[Fe]. The second-order valence-corrected chi connectivity index (χ2v) is 3.46. The molecule has 2 fully saturated rings. The van der Waals surface area contributed by atoms with Gasteiger partial charge < -0.3 is 0 Å². The summed E-state index contributed by atoms with van der Waals surface area (Å²) in [6.45, 7) is 3.13. The molecule has 17 heavy (non-hydrogen) atoms. The van der Waals surface area contributed by atoms with E-state index in [9.17, 15) is 9.59 Å². The molecule has 2 nitrogen and oxygen atoms in total. The summed E-state index contributed by atoms with van der Waals surface area (Å²) in [4.78, 5) is 21.0. The summed E-state index contributed by atoms with van der Waals surface area (Å²) in [5.74, 6) is 1.86. The Balaban J connectivity index is 0.000000284. The Morgan fingerprint density at radius 1 is 0.706 bits per heavy atom. The van der Waals surface area contributed by atoms with E-state index in [1.165, 1.54) is 0 Å². The molecule has 2 saturated carbocycles. The van der Waals surface area contributed by atoms with Crippen molar-refractivity contribution in [3.63, 3.8) is 0 Å². The fourth-order valence-electron chi connectivity index (χ4n) is 1.22. The monoisotopic (exact) mass is 270 g/mol. The summed E-state index contributed by atoms with van der Waals surface area (Å²) in [6, 6.07) is 0. The van der Waals surface area contributed by atoms with Gasteiger partial charge >= 0.3 is 0 Å². The first kappa shape index (κ1) is 16.9. The van der Waals surface area contributed by atoms with E-state index in [2.05, 4.69) is 0 Å². The molecule has 0 aliphatic heterocycles. The van der Waals surface area contributed by atoms with Crippen LogP contribution in [-0.2, 0) is 26.7 Å². The maximum atomic E-state index is 10.5. The predicted octanol–water partition coefficient (Wildman–Crippen LogP) is 1.96. The van der Waals surface area contributed by atoms with Crippen LogP contribution in [-0.4, -0.2) is 11.6 Å². The minimum absolute atomic E-state index is 0. The first-order valence-electron chi connectivity index (χ1n) is 5.06. The van der Waals surface area contributed by atoms with Crippen LogP contribution in [0.25, 0.3) is 0 Å². The quantitative estimate of drug-likeness (QED) is 0.719. The van der Waals surface area contributed by atoms with Crippen LogP contribution in [0.2, 0.25) is 0 Å². The van der Waals surface area contributed by atoms with E-state index in [4.69, 9.17) is 0 Å². The minimum Gasteiger partial charge on any atom is -0.299 e. The summed E-state index contributed by atoms with van der Waals surface area (Å²) in [6.07, 6.45) is 14.7. The normalized spacial score (nSPS) is 20.4. The summed E-state index contributed by atoms with van der Waals surface area (Å²) < 4.78 is 0. The first-order chi connectivity index (χ1) is 7.61. The third-order valence-electron chi connectivity index (χ3n) is 2.14. The average Bonchev–Trinajstić information content (AvgIpc) is 2.93. The first-order valence-corrected chi connectivity index (χ1v) is 5.06. The smallest absolute Gasteiger partial charge is 0.137 e. The molecule has 0 aromatic rings. The van der Waals surface area contributed by atoms with Gasteiger partial charge in [-0.2, -0.15) is 0 Å². The average molecular weight is 270 g/mol. The topological polar surface area (TPSA) is 34.1 Å². The second-order valence-electron chi connectivity index (χ2n) is 3.46. The molecule has 2 rings (SSSR count). The van der Waals surface area contributed by atoms with E-state index in [1.807, 2.05) is 51.4 Å². The molecule has 2 aliphatic carbocycles. The zero-order chi connectivity index (χ0) is 12.0. The largest absolute Gasteiger partial charge is 0.299 e. The Morgan fingerprint density at radius 3 is 1.06 bits per heavy atom. The summed E-state index contributed by atoms with van der Waals surface area (Å²) in [7, 11) is 0. The number of ketones is 2. The van der Waals surface area contributed by atoms with Gasteiger partial charge in [-0.3, -0.25) is 9.59 Å². The molecule has 0 amide bonds. The standard InChI is InChI=1S/2C7H7O.Fe/c2*1-6(8)7-4-2-3-5-7;/h2*2-5H,1H3;. The van der Waals surface area contributed by atoms with Gasteiger partial charge in [0.2, 0.25) is 0 Å². The van der Waals surface area contributed by atoms with Crippen LogP contribution in [0.3, 0.4) is 0 Å². The van der Waals surface area contributed by atoms with Gasteiger partial charge in [-0.1, -0.05) is 0 Å². The maximum absolute atomic E-state index is 10.5. The number of Topliss-reactive ketones (excluding diaryl/α,β-unsaturated/α-hetero) is 2. The number of hydrogen-bond donors (Lipinski definition) is 0. The molecule has 3 heteroatoms. The molecule has 0 saturated heterocycles. The Kier molecular flexibility index (Phi) is 8.81. The van der Waals surface area contributed by atoms with Crippen LogP contribution < -0.4 is 0 Å². The molecule has 0 aromatic carbocycles. The molecule has 10 radical (unpaired) electrons. The molecule has 0 spiro atoms. The second kappa shape index (κ2) is 8.88. The van der Waals surface area contributed by atoms with Crippen molar-refractivity contribution in [1.82, 2.24) is 0 Å². The van der Waals surface area contributed by atoms with Gasteiger partial charge in [-0.05, 0) is 65.2 Å².